The molecule has 0 bridgehead atoms. The lowest BCUT2D eigenvalue weighted by atomic mass is 9.84. The summed E-state index contributed by atoms with van der Waals surface area (Å²) in [5.41, 5.74) is 1.24. The Morgan fingerprint density at radius 1 is 1.35 bits per heavy atom. The normalized spacial score (nSPS) is 22.2. The van der Waals surface area contributed by atoms with Crippen molar-refractivity contribution in [3.05, 3.63) is 44.4 Å². The number of thioether (sulfide) groups is 1. The molecule has 1 aromatic heterocycles. The molecule has 0 N–H and O–H groups in total. The number of nitrogens with zero attached hydrogens (tertiary/aromatic N) is 2. The van der Waals surface area contributed by atoms with E-state index in [2.05, 4.69) is 17.0 Å². The number of aromatic nitrogens is 1. The number of hydrogen-bond donors (Lipinski definition) is 0. The number of fused-ring (bicyclic) bond motifs is 5. The molecule has 122 valence electrons. The molecule has 2 aliphatic heterocycles. The molecule has 1 aromatic carbocycles. The van der Waals surface area contributed by atoms with Crippen molar-refractivity contribution in [3.63, 3.8) is 0 Å². The average molecular weight is 348 g/mol. The third kappa shape index (κ3) is 2.62. The van der Waals surface area contributed by atoms with Gasteiger partial charge in [0.1, 0.15) is 5.75 Å². The summed E-state index contributed by atoms with van der Waals surface area (Å²) in [4.78, 5) is 16.1. The van der Waals surface area contributed by atoms with Crippen LogP contribution < -0.4 is 9.61 Å². The Labute approximate surface area is 144 Å². The average Bonchev–Trinajstić information content (AvgIpc) is 2.87. The van der Waals surface area contributed by atoms with Gasteiger partial charge in [-0.15, -0.1) is 11.8 Å². The van der Waals surface area contributed by atoms with Crippen LogP contribution in [-0.4, -0.2) is 42.5 Å². The van der Waals surface area contributed by atoms with Gasteiger partial charge in [0.05, 0.1) is 11.6 Å². The van der Waals surface area contributed by atoms with E-state index in [1.807, 2.05) is 42.6 Å². The van der Waals surface area contributed by atoms with E-state index in [9.17, 15) is 4.79 Å². The number of thiazole rings is 1. The van der Waals surface area contributed by atoms with Crippen molar-refractivity contribution in [1.82, 2.24) is 9.47 Å². The van der Waals surface area contributed by atoms with E-state index in [1.165, 1.54) is 26.8 Å². The van der Waals surface area contributed by atoms with Gasteiger partial charge in [-0.3, -0.25) is 9.36 Å². The fraction of sp³-hybridized carbons (Fsp3) is 0.471. The molecule has 0 radical (unpaired) electrons. The van der Waals surface area contributed by atoms with Crippen LogP contribution in [0.1, 0.15) is 16.4 Å². The Hall–Kier alpha value is -1.24. The van der Waals surface area contributed by atoms with Crippen LogP contribution in [0.5, 0.6) is 5.75 Å². The van der Waals surface area contributed by atoms with Crippen LogP contribution >= 0.6 is 23.1 Å². The number of para-hydroxylation sites is 1. The van der Waals surface area contributed by atoms with Crippen molar-refractivity contribution in [2.75, 3.05) is 33.0 Å². The lowest BCUT2D eigenvalue weighted by molar-refractivity contribution is 0.218. The summed E-state index contributed by atoms with van der Waals surface area (Å²) >= 11 is 3.25. The first kappa shape index (κ1) is 15.3. The lowest BCUT2D eigenvalue weighted by Gasteiger charge is -2.36. The molecule has 0 amide bonds. The van der Waals surface area contributed by atoms with E-state index in [4.69, 9.17) is 4.74 Å². The van der Waals surface area contributed by atoms with Gasteiger partial charge in [-0.05, 0) is 20.2 Å². The van der Waals surface area contributed by atoms with E-state index in [0.29, 0.717) is 11.8 Å². The molecule has 0 fully saturated rings. The Bertz CT molecular complexity index is 781. The SMILES string of the molecule is CN(C)CCn1c2c(sc1=O)[C@@H]1c3ccccc3OC[C@H]1CS2. The van der Waals surface area contributed by atoms with Crippen LogP contribution in [0, 0.1) is 5.92 Å². The first-order chi connectivity index (χ1) is 11.1. The van der Waals surface area contributed by atoms with Crippen LogP contribution in [0.25, 0.3) is 0 Å². The third-order valence-corrected chi connectivity index (χ3v) is 7.04. The second kappa shape index (κ2) is 6.00. The highest BCUT2D eigenvalue weighted by molar-refractivity contribution is 7.99. The van der Waals surface area contributed by atoms with Gasteiger partial charge in [0.15, 0.2) is 0 Å². The summed E-state index contributed by atoms with van der Waals surface area (Å²) in [5, 5.41) is 1.18. The van der Waals surface area contributed by atoms with E-state index >= 15 is 0 Å². The fourth-order valence-electron chi connectivity index (χ4n) is 3.35. The van der Waals surface area contributed by atoms with Gasteiger partial charge in [-0.1, -0.05) is 29.5 Å². The van der Waals surface area contributed by atoms with Gasteiger partial charge in [-0.2, -0.15) is 0 Å². The first-order valence-electron chi connectivity index (χ1n) is 7.88. The predicted octanol–water partition coefficient (Wildman–Crippen LogP) is 2.72. The maximum Gasteiger partial charge on any atom is 0.308 e. The molecule has 0 saturated carbocycles. The number of likely N-dealkylation sites (N-methyl/N-ethyl adjacent to an activating group) is 1. The summed E-state index contributed by atoms with van der Waals surface area (Å²) in [6.45, 7) is 2.40. The van der Waals surface area contributed by atoms with Crippen LogP contribution in [0.2, 0.25) is 0 Å². The van der Waals surface area contributed by atoms with Gasteiger partial charge in [-0.25, -0.2) is 0 Å². The standard InChI is InChI=1S/C17H20N2O2S2/c1-18(2)7-8-19-16-15(23-17(19)20)14-11(10-22-16)9-21-13-6-4-3-5-12(13)14/h3-6,11,14H,7-10H2,1-2H3/t11-,14-/m0/s1. The van der Waals surface area contributed by atoms with Crippen LogP contribution in [0.4, 0.5) is 0 Å². The largest absolute Gasteiger partial charge is 0.493 e. The van der Waals surface area contributed by atoms with Gasteiger partial charge in [0.2, 0.25) is 0 Å². The van der Waals surface area contributed by atoms with E-state index in [-0.39, 0.29) is 4.87 Å². The minimum Gasteiger partial charge on any atom is -0.493 e. The quantitative estimate of drug-likeness (QED) is 0.854. The van der Waals surface area contributed by atoms with E-state index < -0.39 is 0 Å². The molecule has 4 nitrogen and oxygen atoms in total. The van der Waals surface area contributed by atoms with Crippen molar-refractivity contribution < 1.29 is 4.74 Å². The molecule has 2 aliphatic rings. The molecule has 4 rings (SSSR count). The summed E-state index contributed by atoms with van der Waals surface area (Å²) in [5.74, 6) is 2.77. The Morgan fingerprint density at radius 3 is 3.00 bits per heavy atom. The lowest BCUT2D eigenvalue weighted by Crippen LogP contribution is -2.31. The highest BCUT2D eigenvalue weighted by Gasteiger charge is 2.39. The highest BCUT2D eigenvalue weighted by Crippen LogP contribution is 2.50. The zero-order valence-electron chi connectivity index (χ0n) is 13.3. The minimum absolute atomic E-state index is 0.175. The summed E-state index contributed by atoms with van der Waals surface area (Å²) in [6, 6.07) is 8.28. The number of benzene rings is 1. The molecule has 23 heavy (non-hydrogen) atoms. The predicted molar refractivity (Wildman–Crippen MR) is 95.1 cm³/mol. The minimum atomic E-state index is 0.175. The van der Waals surface area contributed by atoms with Crippen molar-refractivity contribution in [2.45, 2.75) is 17.5 Å². The Balaban J connectivity index is 1.78. The highest BCUT2D eigenvalue weighted by atomic mass is 32.2. The number of ether oxygens (including phenoxy) is 1. The molecule has 0 saturated heterocycles. The Kier molecular flexibility index (Phi) is 3.99. The van der Waals surface area contributed by atoms with Crippen LogP contribution in [0.3, 0.4) is 0 Å². The second-order valence-corrected chi connectivity index (χ2v) is 8.39. The topological polar surface area (TPSA) is 34.5 Å². The van der Waals surface area contributed by atoms with Crippen molar-refractivity contribution in [3.8, 4) is 5.75 Å². The number of rotatable bonds is 3. The fourth-order valence-corrected chi connectivity index (χ4v) is 6.09. The molecule has 3 heterocycles. The van der Waals surface area contributed by atoms with Crippen molar-refractivity contribution in [1.29, 1.82) is 0 Å². The molecule has 6 heteroatoms. The summed E-state index contributed by atoms with van der Waals surface area (Å²) in [6.07, 6.45) is 0. The maximum absolute atomic E-state index is 12.5. The van der Waals surface area contributed by atoms with Gasteiger partial charge in [0.25, 0.3) is 0 Å². The van der Waals surface area contributed by atoms with Gasteiger partial charge >= 0.3 is 4.87 Å². The van der Waals surface area contributed by atoms with E-state index in [0.717, 1.165) is 31.2 Å². The zero-order valence-corrected chi connectivity index (χ0v) is 15.0. The maximum atomic E-state index is 12.5. The molecule has 0 spiro atoms. The van der Waals surface area contributed by atoms with Crippen LogP contribution in [-0.2, 0) is 6.54 Å². The Morgan fingerprint density at radius 2 is 2.17 bits per heavy atom. The summed E-state index contributed by atoms with van der Waals surface area (Å²) < 4.78 is 7.89. The summed E-state index contributed by atoms with van der Waals surface area (Å²) in [7, 11) is 4.09. The zero-order chi connectivity index (χ0) is 16.0. The molecule has 0 unspecified atom stereocenters. The third-order valence-electron chi connectivity index (χ3n) is 4.54. The molecule has 0 aliphatic carbocycles. The first-order valence-corrected chi connectivity index (χ1v) is 9.68. The van der Waals surface area contributed by atoms with Gasteiger partial charge in [0, 0.05) is 41.1 Å². The second-order valence-electron chi connectivity index (χ2n) is 6.39. The molecular formula is C17H20N2O2S2. The number of hydrogen-bond acceptors (Lipinski definition) is 5. The molecular weight excluding hydrogens is 328 g/mol. The van der Waals surface area contributed by atoms with Gasteiger partial charge < -0.3 is 9.64 Å². The molecule has 2 atom stereocenters. The van der Waals surface area contributed by atoms with Crippen molar-refractivity contribution in [2.24, 2.45) is 5.92 Å². The van der Waals surface area contributed by atoms with Crippen LogP contribution in [0.15, 0.2) is 34.1 Å². The van der Waals surface area contributed by atoms with E-state index in [1.54, 1.807) is 0 Å². The monoisotopic (exact) mass is 348 g/mol. The molecule has 2 aromatic rings. The van der Waals surface area contributed by atoms with Crippen molar-refractivity contribution >= 4 is 23.1 Å². The smallest absolute Gasteiger partial charge is 0.308 e.